The molecule has 0 spiro atoms. The number of anilines is 1. The third-order valence-corrected chi connectivity index (χ3v) is 4.30. The van der Waals surface area contributed by atoms with Gasteiger partial charge in [-0.1, -0.05) is 23.5 Å². The van der Waals surface area contributed by atoms with Gasteiger partial charge in [0.25, 0.3) is 0 Å². The summed E-state index contributed by atoms with van der Waals surface area (Å²) in [7, 11) is 0. The van der Waals surface area contributed by atoms with Crippen LogP contribution in [0.25, 0.3) is 0 Å². The number of aromatic nitrogens is 1. The van der Waals surface area contributed by atoms with Crippen LogP contribution in [0.5, 0.6) is 0 Å². The molecule has 0 saturated carbocycles. The van der Waals surface area contributed by atoms with E-state index >= 15 is 0 Å². The lowest BCUT2D eigenvalue weighted by molar-refractivity contribution is -0.116. The van der Waals surface area contributed by atoms with E-state index in [1.54, 1.807) is 4.57 Å². The quantitative estimate of drug-likeness (QED) is 0.941. The van der Waals surface area contributed by atoms with Gasteiger partial charge < -0.3 is 9.88 Å². The number of amides is 1. The minimum Gasteiger partial charge on any atom is -0.326 e. The van der Waals surface area contributed by atoms with E-state index in [9.17, 15) is 9.59 Å². The summed E-state index contributed by atoms with van der Waals surface area (Å²) < 4.78 is 1.63. The van der Waals surface area contributed by atoms with Crippen molar-refractivity contribution in [3.8, 4) is 0 Å². The van der Waals surface area contributed by atoms with E-state index in [0.29, 0.717) is 13.0 Å². The molecule has 0 aliphatic rings. The molecular formula is C15H18N2O2S. The minimum absolute atomic E-state index is 0.0120. The average Bonchev–Trinajstić information content (AvgIpc) is 2.72. The van der Waals surface area contributed by atoms with Crippen LogP contribution >= 0.6 is 11.3 Å². The molecule has 0 atom stereocenters. The second kappa shape index (κ2) is 6.05. The minimum atomic E-state index is -0.0730. The SMILES string of the molecule is Cc1cccc(NC(=O)CCn2c(C)csc2=O)c1C. The van der Waals surface area contributed by atoms with Crippen molar-refractivity contribution in [3.63, 3.8) is 0 Å². The number of nitrogens with one attached hydrogen (secondary N) is 1. The molecule has 106 valence electrons. The Balaban J connectivity index is 2.00. The zero-order valence-corrected chi connectivity index (χ0v) is 12.7. The zero-order valence-electron chi connectivity index (χ0n) is 11.9. The number of nitrogens with zero attached hydrogens (tertiary/aromatic N) is 1. The maximum Gasteiger partial charge on any atom is 0.307 e. The highest BCUT2D eigenvalue weighted by Gasteiger charge is 2.08. The number of thiazole rings is 1. The van der Waals surface area contributed by atoms with Crippen molar-refractivity contribution >= 4 is 22.9 Å². The first-order valence-corrected chi connectivity index (χ1v) is 7.38. The topological polar surface area (TPSA) is 51.1 Å². The number of carbonyl (C=O) groups is 1. The molecule has 1 aromatic heterocycles. The summed E-state index contributed by atoms with van der Waals surface area (Å²) in [6.07, 6.45) is 0.296. The number of hydrogen-bond acceptors (Lipinski definition) is 3. The molecule has 0 radical (unpaired) electrons. The van der Waals surface area contributed by atoms with Gasteiger partial charge >= 0.3 is 4.87 Å². The predicted octanol–water partition coefficient (Wildman–Crippen LogP) is 2.86. The van der Waals surface area contributed by atoms with E-state index in [0.717, 1.165) is 22.5 Å². The average molecular weight is 290 g/mol. The first-order chi connectivity index (χ1) is 9.49. The lowest BCUT2D eigenvalue weighted by Gasteiger charge is -2.10. The summed E-state index contributed by atoms with van der Waals surface area (Å²) >= 11 is 1.17. The molecule has 0 unspecified atom stereocenters. The van der Waals surface area contributed by atoms with Gasteiger partial charge in [-0.3, -0.25) is 9.59 Å². The molecule has 20 heavy (non-hydrogen) atoms. The van der Waals surface area contributed by atoms with Crippen molar-refractivity contribution in [2.75, 3.05) is 5.32 Å². The standard InChI is InChI=1S/C15H18N2O2S/c1-10-5-4-6-13(12(10)3)16-14(18)7-8-17-11(2)9-20-15(17)19/h4-6,9H,7-8H2,1-3H3,(H,16,18). The van der Waals surface area contributed by atoms with Gasteiger partial charge in [0.1, 0.15) is 0 Å². The summed E-state index contributed by atoms with van der Waals surface area (Å²) in [4.78, 5) is 23.5. The first-order valence-electron chi connectivity index (χ1n) is 6.50. The molecule has 0 bridgehead atoms. The van der Waals surface area contributed by atoms with Crippen LogP contribution in [0.15, 0.2) is 28.4 Å². The molecule has 1 amide bonds. The molecule has 1 N–H and O–H groups in total. The fraction of sp³-hybridized carbons (Fsp3) is 0.333. The van der Waals surface area contributed by atoms with Gasteiger partial charge in [0, 0.05) is 29.7 Å². The Morgan fingerprint density at radius 1 is 1.30 bits per heavy atom. The van der Waals surface area contributed by atoms with Gasteiger partial charge in [-0.2, -0.15) is 0 Å². The van der Waals surface area contributed by atoms with Crippen molar-refractivity contribution in [1.29, 1.82) is 0 Å². The van der Waals surface area contributed by atoms with Crippen LogP contribution in [0.2, 0.25) is 0 Å². The second-order valence-corrected chi connectivity index (χ2v) is 5.66. The van der Waals surface area contributed by atoms with Crippen molar-refractivity contribution in [2.45, 2.75) is 33.7 Å². The third-order valence-electron chi connectivity index (χ3n) is 3.42. The molecule has 1 aromatic carbocycles. The van der Waals surface area contributed by atoms with Crippen molar-refractivity contribution in [3.05, 3.63) is 50.1 Å². The lowest BCUT2D eigenvalue weighted by Crippen LogP contribution is -2.20. The zero-order chi connectivity index (χ0) is 14.7. The molecule has 0 aliphatic carbocycles. The molecule has 5 heteroatoms. The van der Waals surface area contributed by atoms with Gasteiger partial charge in [-0.05, 0) is 38.0 Å². The van der Waals surface area contributed by atoms with Crippen molar-refractivity contribution in [2.24, 2.45) is 0 Å². The summed E-state index contributed by atoms with van der Waals surface area (Å²) in [5.41, 5.74) is 3.96. The molecule has 0 saturated heterocycles. The fourth-order valence-electron chi connectivity index (χ4n) is 1.99. The number of hydrogen-bond donors (Lipinski definition) is 1. The normalized spacial score (nSPS) is 10.6. The number of benzene rings is 1. The molecule has 0 fully saturated rings. The summed E-state index contributed by atoms with van der Waals surface area (Å²) in [5, 5.41) is 4.71. The second-order valence-electron chi connectivity index (χ2n) is 4.84. The Kier molecular flexibility index (Phi) is 4.39. The molecular weight excluding hydrogens is 272 g/mol. The maximum absolute atomic E-state index is 12.0. The van der Waals surface area contributed by atoms with Crippen LogP contribution in [-0.2, 0) is 11.3 Å². The number of rotatable bonds is 4. The van der Waals surface area contributed by atoms with Crippen LogP contribution in [0.4, 0.5) is 5.69 Å². The van der Waals surface area contributed by atoms with Gasteiger partial charge in [0.05, 0.1) is 0 Å². The van der Waals surface area contributed by atoms with Crippen LogP contribution in [0.1, 0.15) is 23.2 Å². The summed E-state index contributed by atoms with van der Waals surface area (Å²) in [6.45, 7) is 6.29. The molecule has 4 nitrogen and oxygen atoms in total. The van der Waals surface area contributed by atoms with Crippen LogP contribution < -0.4 is 10.2 Å². The Bertz CT molecular complexity index is 685. The van der Waals surface area contributed by atoms with E-state index < -0.39 is 0 Å². The Labute approximate surface area is 122 Å². The van der Waals surface area contributed by atoms with Gasteiger partial charge in [0.15, 0.2) is 0 Å². The van der Waals surface area contributed by atoms with E-state index in [2.05, 4.69) is 5.32 Å². The predicted molar refractivity (Wildman–Crippen MR) is 82.5 cm³/mol. The highest BCUT2D eigenvalue weighted by Crippen LogP contribution is 2.18. The first kappa shape index (κ1) is 14.5. The Morgan fingerprint density at radius 3 is 2.70 bits per heavy atom. The smallest absolute Gasteiger partial charge is 0.307 e. The van der Waals surface area contributed by atoms with Gasteiger partial charge in [-0.15, -0.1) is 0 Å². The monoisotopic (exact) mass is 290 g/mol. The molecule has 1 heterocycles. The number of aryl methyl sites for hydroxylation is 2. The van der Waals surface area contributed by atoms with E-state index in [1.165, 1.54) is 11.3 Å². The largest absolute Gasteiger partial charge is 0.326 e. The fourth-order valence-corrected chi connectivity index (χ4v) is 2.75. The Morgan fingerprint density at radius 2 is 2.05 bits per heavy atom. The van der Waals surface area contributed by atoms with Gasteiger partial charge in [0.2, 0.25) is 5.91 Å². The van der Waals surface area contributed by atoms with Gasteiger partial charge in [-0.25, -0.2) is 0 Å². The highest BCUT2D eigenvalue weighted by atomic mass is 32.1. The molecule has 2 aromatic rings. The Hall–Kier alpha value is -1.88. The van der Waals surface area contributed by atoms with Crippen LogP contribution in [-0.4, -0.2) is 10.5 Å². The maximum atomic E-state index is 12.0. The van der Waals surface area contributed by atoms with E-state index in [1.807, 2.05) is 44.4 Å². The molecule has 2 rings (SSSR count). The number of carbonyl (C=O) groups excluding carboxylic acids is 1. The van der Waals surface area contributed by atoms with Crippen molar-refractivity contribution in [1.82, 2.24) is 4.57 Å². The summed E-state index contributed by atoms with van der Waals surface area (Å²) in [6, 6.07) is 5.83. The summed E-state index contributed by atoms with van der Waals surface area (Å²) in [5.74, 6) is -0.0730. The third kappa shape index (κ3) is 3.17. The highest BCUT2D eigenvalue weighted by molar-refractivity contribution is 7.07. The van der Waals surface area contributed by atoms with E-state index in [-0.39, 0.29) is 10.8 Å². The molecule has 0 aliphatic heterocycles. The lowest BCUT2D eigenvalue weighted by atomic mass is 10.1. The van der Waals surface area contributed by atoms with Crippen molar-refractivity contribution < 1.29 is 4.79 Å². The van der Waals surface area contributed by atoms with Crippen LogP contribution in [0.3, 0.4) is 0 Å². The van der Waals surface area contributed by atoms with Crippen LogP contribution in [0, 0.1) is 20.8 Å². The van der Waals surface area contributed by atoms with E-state index in [4.69, 9.17) is 0 Å².